The molecule has 1 aromatic rings. The van der Waals surface area contributed by atoms with Gasteiger partial charge in [-0.25, -0.2) is 0 Å². The maximum atomic E-state index is 8.56. The van der Waals surface area contributed by atoms with Crippen LogP contribution in [-0.2, 0) is 0 Å². The molecule has 53 valence electrons. The summed E-state index contributed by atoms with van der Waals surface area (Å²) in [4.78, 5) is 0. The van der Waals surface area contributed by atoms with Gasteiger partial charge in [-0.05, 0) is 12.1 Å². The average molecular weight is 176 g/mol. The topological polar surface area (TPSA) is 20.2 Å². The second kappa shape index (κ2) is 3.24. The lowest BCUT2D eigenvalue weighted by atomic mass is 10.2. The van der Waals surface area contributed by atoms with E-state index >= 15 is 0 Å². The number of hydrogen-bond donors (Lipinski definition) is 1. The van der Waals surface area contributed by atoms with Crippen LogP contribution < -0.4 is 0 Å². The Balaban J connectivity index is 3.07. The van der Waals surface area contributed by atoms with Gasteiger partial charge in [-0.1, -0.05) is 29.3 Å². The minimum absolute atomic E-state index is 0.454. The van der Waals surface area contributed by atoms with Gasteiger partial charge >= 0.3 is 0 Å². The van der Waals surface area contributed by atoms with Crippen molar-refractivity contribution in [3.05, 3.63) is 40.4 Å². The molecule has 0 aliphatic rings. The van der Waals surface area contributed by atoms with Crippen LogP contribution in [0.15, 0.2) is 18.2 Å². The lowest BCUT2D eigenvalue weighted by Crippen LogP contribution is -1.80. The van der Waals surface area contributed by atoms with E-state index in [0.29, 0.717) is 15.6 Å². The molecule has 1 radical (unpaired) electrons. The van der Waals surface area contributed by atoms with Gasteiger partial charge in [-0.2, -0.15) is 0 Å². The molecule has 0 aromatic heterocycles. The highest BCUT2D eigenvalue weighted by Crippen LogP contribution is 2.20. The second-order valence-corrected chi connectivity index (χ2v) is 2.64. The molecule has 1 aromatic carbocycles. The molecule has 0 fully saturated rings. The third-order valence-electron chi connectivity index (χ3n) is 1.10. The van der Waals surface area contributed by atoms with Gasteiger partial charge < -0.3 is 5.11 Å². The Bertz CT molecular complexity index is 235. The van der Waals surface area contributed by atoms with Crippen molar-refractivity contribution in [1.82, 2.24) is 0 Å². The van der Waals surface area contributed by atoms with Gasteiger partial charge in [0.15, 0.2) is 0 Å². The summed E-state index contributed by atoms with van der Waals surface area (Å²) < 4.78 is 0. The Labute approximate surface area is 69.2 Å². The van der Waals surface area contributed by atoms with Crippen molar-refractivity contribution in [2.75, 3.05) is 0 Å². The van der Waals surface area contributed by atoms with Crippen LogP contribution in [0.2, 0.25) is 10.0 Å². The van der Waals surface area contributed by atoms with Crippen LogP contribution in [0.4, 0.5) is 0 Å². The van der Waals surface area contributed by atoms with E-state index in [-0.39, 0.29) is 0 Å². The first kappa shape index (κ1) is 7.86. The van der Waals surface area contributed by atoms with E-state index in [1.807, 2.05) is 0 Å². The summed E-state index contributed by atoms with van der Waals surface area (Å²) in [6.07, 6.45) is 0. The van der Waals surface area contributed by atoms with Crippen molar-refractivity contribution in [3.63, 3.8) is 0 Å². The van der Waals surface area contributed by atoms with Crippen LogP contribution in [0.1, 0.15) is 5.56 Å². The first-order chi connectivity index (χ1) is 4.74. The van der Waals surface area contributed by atoms with E-state index in [0.717, 1.165) is 6.61 Å². The van der Waals surface area contributed by atoms with Crippen molar-refractivity contribution in [3.8, 4) is 0 Å². The first-order valence-corrected chi connectivity index (χ1v) is 3.42. The summed E-state index contributed by atoms with van der Waals surface area (Å²) in [5.41, 5.74) is 0.575. The van der Waals surface area contributed by atoms with Crippen LogP contribution in [-0.4, -0.2) is 5.11 Å². The number of halogens is 2. The Hall–Kier alpha value is -0.240. The van der Waals surface area contributed by atoms with Gasteiger partial charge in [0.25, 0.3) is 0 Å². The fraction of sp³-hybridized carbons (Fsp3) is 0. The zero-order valence-electron chi connectivity index (χ0n) is 5.01. The minimum Gasteiger partial charge on any atom is -0.385 e. The number of rotatable bonds is 1. The molecule has 10 heavy (non-hydrogen) atoms. The molecular formula is C7H5Cl2O. The quantitative estimate of drug-likeness (QED) is 0.697. The molecule has 0 spiro atoms. The van der Waals surface area contributed by atoms with Crippen molar-refractivity contribution < 1.29 is 5.11 Å². The van der Waals surface area contributed by atoms with Crippen LogP contribution >= 0.6 is 23.2 Å². The summed E-state index contributed by atoms with van der Waals surface area (Å²) in [6, 6.07) is 4.88. The second-order valence-electron chi connectivity index (χ2n) is 1.79. The van der Waals surface area contributed by atoms with Crippen molar-refractivity contribution in [2.45, 2.75) is 0 Å². The van der Waals surface area contributed by atoms with Crippen LogP contribution in [0.3, 0.4) is 0 Å². The standard InChI is InChI=1S/C7H5Cl2O/c8-6-2-1-5(4-10)7(9)3-6/h1-4,10H. The van der Waals surface area contributed by atoms with Crippen LogP contribution in [0.25, 0.3) is 0 Å². The number of benzene rings is 1. The van der Waals surface area contributed by atoms with Crippen LogP contribution in [0.5, 0.6) is 0 Å². The zero-order valence-corrected chi connectivity index (χ0v) is 6.52. The van der Waals surface area contributed by atoms with E-state index in [2.05, 4.69) is 0 Å². The SMILES string of the molecule is O[CH]c1ccc(Cl)cc1Cl. The molecule has 3 heteroatoms. The van der Waals surface area contributed by atoms with Crippen LogP contribution in [0, 0.1) is 6.61 Å². The third-order valence-corrected chi connectivity index (χ3v) is 1.66. The molecule has 0 bridgehead atoms. The van der Waals surface area contributed by atoms with Crippen molar-refractivity contribution in [2.24, 2.45) is 0 Å². The molecule has 0 heterocycles. The molecule has 1 N–H and O–H groups in total. The predicted molar refractivity (Wildman–Crippen MR) is 41.8 cm³/mol. The van der Waals surface area contributed by atoms with Gasteiger partial charge in [0.2, 0.25) is 0 Å². The lowest BCUT2D eigenvalue weighted by Gasteiger charge is -1.97. The van der Waals surface area contributed by atoms with Gasteiger partial charge in [0, 0.05) is 15.6 Å². The molecule has 0 atom stereocenters. The van der Waals surface area contributed by atoms with E-state index in [1.54, 1.807) is 18.2 Å². The van der Waals surface area contributed by atoms with Gasteiger partial charge in [-0.3, -0.25) is 0 Å². The summed E-state index contributed by atoms with van der Waals surface area (Å²) in [7, 11) is 0. The average Bonchev–Trinajstić information content (AvgIpc) is 1.88. The lowest BCUT2D eigenvalue weighted by molar-refractivity contribution is 0.415. The highest BCUT2D eigenvalue weighted by Gasteiger charge is 1.98. The number of aliphatic hydroxyl groups is 1. The van der Waals surface area contributed by atoms with Crippen molar-refractivity contribution >= 4 is 23.2 Å². The first-order valence-electron chi connectivity index (χ1n) is 2.66. The maximum Gasteiger partial charge on any atom is 0.111 e. The third kappa shape index (κ3) is 1.63. The predicted octanol–water partition coefficient (Wildman–Crippen LogP) is 2.88. The monoisotopic (exact) mass is 175 g/mol. The normalized spacial score (nSPS) is 9.90. The number of hydrogen-bond acceptors (Lipinski definition) is 1. The van der Waals surface area contributed by atoms with E-state index in [9.17, 15) is 0 Å². The molecule has 0 aliphatic carbocycles. The molecule has 0 saturated carbocycles. The van der Waals surface area contributed by atoms with E-state index in [1.165, 1.54) is 0 Å². The molecule has 0 aliphatic heterocycles. The summed E-state index contributed by atoms with van der Waals surface area (Å²) in [6.45, 7) is 0.943. The fourth-order valence-electron chi connectivity index (χ4n) is 0.606. The Kier molecular flexibility index (Phi) is 2.55. The van der Waals surface area contributed by atoms with Gasteiger partial charge in [0.1, 0.15) is 6.61 Å². The van der Waals surface area contributed by atoms with E-state index in [4.69, 9.17) is 28.3 Å². The summed E-state index contributed by atoms with van der Waals surface area (Å²) in [5.74, 6) is 0. The Morgan fingerprint density at radius 3 is 2.50 bits per heavy atom. The highest BCUT2D eigenvalue weighted by molar-refractivity contribution is 6.35. The summed E-state index contributed by atoms with van der Waals surface area (Å²) >= 11 is 11.2. The molecule has 0 amide bonds. The molecule has 0 saturated heterocycles. The molecule has 1 nitrogen and oxygen atoms in total. The maximum absolute atomic E-state index is 8.56. The Morgan fingerprint density at radius 2 is 2.00 bits per heavy atom. The van der Waals surface area contributed by atoms with Gasteiger partial charge in [0.05, 0.1) is 0 Å². The number of aliphatic hydroxyl groups excluding tert-OH is 1. The van der Waals surface area contributed by atoms with Crippen molar-refractivity contribution in [1.29, 1.82) is 0 Å². The highest BCUT2D eigenvalue weighted by atomic mass is 35.5. The van der Waals surface area contributed by atoms with E-state index < -0.39 is 0 Å². The fourth-order valence-corrected chi connectivity index (χ4v) is 1.06. The smallest absolute Gasteiger partial charge is 0.111 e. The summed E-state index contributed by atoms with van der Waals surface area (Å²) in [5, 5.41) is 9.58. The molecule has 0 unspecified atom stereocenters. The zero-order chi connectivity index (χ0) is 7.56. The Morgan fingerprint density at radius 1 is 1.30 bits per heavy atom. The van der Waals surface area contributed by atoms with Gasteiger partial charge in [-0.15, -0.1) is 0 Å². The molecular weight excluding hydrogens is 171 g/mol. The minimum atomic E-state index is 0.454. The molecule has 1 rings (SSSR count). The largest absolute Gasteiger partial charge is 0.385 e.